The van der Waals surface area contributed by atoms with Gasteiger partial charge in [-0.15, -0.1) is 5.73 Å². The number of ether oxygens (including phenoxy) is 3. The molecule has 0 spiro atoms. The first-order valence-electron chi connectivity index (χ1n) is 13.8. The van der Waals surface area contributed by atoms with Crippen molar-refractivity contribution in [1.82, 2.24) is 4.90 Å². The minimum absolute atomic E-state index is 0.0482. The summed E-state index contributed by atoms with van der Waals surface area (Å²) < 4.78 is 15.9. The zero-order valence-corrected chi connectivity index (χ0v) is 24.5. The zero-order valence-electron chi connectivity index (χ0n) is 24.5. The van der Waals surface area contributed by atoms with Gasteiger partial charge in [-0.25, -0.2) is 0 Å². The van der Waals surface area contributed by atoms with E-state index in [1.807, 2.05) is 42.5 Å². The lowest BCUT2D eigenvalue weighted by atomic mass is 10.1. The van der Waals surface area contributed by atoms with Gasteiger partial charge in [0.05, 0.1) is 32.6 Å². The molecule has 8 heteroatoms. The molecule has 0 bridgehead atoms. The SMILES string of the molecule is COc1cc(C(=O)C(=O)Nc2ccccc2C(=O)N(CCCc2ccccc2)CC2=CC=C=CC=C2)cc(OC)c1OC. The van der Waals surface area contributed by atoms with Gasteiger partial charge in [-0.2, -0.15) is 0 Å². The van der Waals surface area contributed by atoms with Crippen molar-refractivity contribution in [3.05, 3.63) is 125 Å². The second-order valence-corrected chi connectivity index (χ2v) is 9.66. The number of nitrogens with zero attached hydrogens (tertiary/aromatic N) is 1. The van der Waals surface area contributed by atoms with E-state index in [2.05, 4.69) is 23.2 Å². The monoisotopic (exact) mass is 578 g/mol. The third-order valence-electron chi connectivity index (χ3n) is 6.83. The third kappa shape index (κ3) is 7.91. The van der Waals surface area contributed by atoms with Crippen LogP contribution in [0.1, 0.15) is 32.7 Å². The summed E-state index contributed by atoms with van der Waals surface area (Å²) in [4.78, 5) is 42.1. The van der Waals surface area contributed by atoms with Crippen LogP contribution >= 0.6 is 0 Å². The van der Waals surface area contributed by atoms with Crippen molar-refractivity contribution in [2.45, 2.75) is 12.8 Å². The lowest BCUT2D eigenvalue weighted by Crippen LogP contribution is -2.35. The highest BCUT2D eigenvalue weighted by Crippen LogP contribution is 2.38. The summed E-state index contributed by atoms with van der Waals surface area (Å²) in [7, 11) is 4.29. The van der Waals surface area contributed by atoms with Crippen LogP contribution in [0.15, 0.2) is 108 Å². The summed E-state index contributed by atoms with van der Waals surface area (Å²) in [6.07, 6.45) is 10.9. The fourth-order valence-electron chi connectivity index (χ4n) is 4.66. The number of methoxy groups -OCH3 is 3. The van der Waals surface area contributed by atoms with Crippen LogP contribution in [0.25, 0.3) is 0 Å². The van der Waals surface area contributed by atoms with Gasteiger partial charge in [-0.3, -0.25) is 14.4 Å². The molecule has 8 nitrogen and oxygen atoms in total. The van der Waals surface area contributed by atoms with Crippen molar-refractivity contribution in [1.29, 1.82) is 0 Å². The van der Waals surface area contributed by atoms with E-state index in [9.17, 15) is 14.4 Å². The predicted octanol–water partition coefficient (Wildman–Crippen LogP) is 5.82. The maximum atomic E-state index is 14.0. The zero-order chi connectivity index (χ0) is 30.6. The molecule has 43 heavy (non-hydrogen) atoms. The van der Waals surface area contributed by atoms with Gasteiger partial charge in [0, 0.05) is 18.7 Å². The average Bonchev–Trinajstić information content (AvgIpc) is 3.32. The van der Waals surface area contributed by atoms with Crippen molar-refractivity contribution in [3.8, 4) is 17.2 Å². The smallest absolute Gasteiger partial charge is 0.296 e. The van der Waals surface area contributed by atoms with Gasteiger partial charge >= 0.3 is 0 Å². The number of carbonyl (C=O) groups excluding carboxylic acids is 3. The lowest BCUT2D eigenvalue weighted by molar-refractivity contribution is -0.112. The van der Waals surface area contributed by atoms with Crippen LogP contribution in [0, 0.1) is 0 Å². The molecule has 0 unspecified atom stereocenters. The first-order chi connectivity index (χ1) is 20.9. The number of benzene rings is 3. The number of Topliss-reactive ketones (excluding diaryl/α,β-unsaturated/α-hetero) is 1. The summed E-state index contributed by atoms with van der Waals surface area (Å²) in [5, 5.41) is 2.65. The third-order valence-corrected chi connectivity index (χ3v) is 6.83. The van der Waals surface area contributed by atoms with E-state index < -0.39 is 11.7 Å². The molecule has 1 aliphatic carbocycles. The molecule has 0 aliphatic heterocycles. The van der Waals surface area contributed by atoms with Crippen molar-refractivity contribution in [2.24, 2.45) is 0 Å². The number of rotatable bonds is 13. The molecule has 220 valence electrons. The van der Waals surface area contributed by atoms with Crippen molar-refractivity contribution >= 4 is 23.3 Å². The molecule has 0 atom stereocenters. The first-order valence-corrected chi connectivity index (χ1v) is 13.8. The van der Waals surface area contributed by atoms with Gasteiger partial charge in [-0.1, -0.05) is 54.6 Å². The Labute approximate surface area is 251 Å². The molecule has 0 radical (unpaired) electrons. The molecule has 3 aromatic rings. The first kappa shape index (κ1) is 30.6. The van der Waals surface area contributed by atoms with Crippen molar-refractivity contribution in [2.75, 3.05) is 39.7 Å². The summed E-state index contributed by atoms with van der Waals surface area (Å²) in [5.41, 5.74) is 5.72. The molecule has 3 aromatic carbocycles. The van der Waals surface area contributed by atoms with Gasteiger partial charge in [0.2, 0.25) is 5.75 Å². The molecule has 1 N–H and O–H groups in total. The number of ketones is 1. The number of hydrogen-bond donors (Lipinski definition) is 1. The highest BCUT2D eigenvalue weighted by molar-refractivity contribution is 6.46. The Morgan fingerprint density at radius 2 is 1.56 bits per heavy atom. The fourth-order valence-corrected chi connectivity index (χ4v) is 4.66. The van der Waals surface area contributed by atoms with Gasteiger partial charge in [0.1, 0.15) is 0 Å². The van der Waals surface area contributed by atoms with Crippen LogP contribution < -0.4 is 19.5 Å². The second kappa shape index (κ2) is 15.1. The van der Waals surface area contributed by atoms with E-state index in [-0.39, 0.29) is 34.2 Å². The molecule has 1 aliphatic rings. The van der Waals surface area contributed by atoms with Gasteiger partial charge < -0.3 is 24.4 Å². The Morgan fingerprint density at radius 1 is 0.860 bits per heavy atom. The second-order valence-electron chi connectivity index (χ2n) is 9.66. The summed E-state index contributed by atoms with van der Waals surface area (Å²) in [6.45, 7) is 0.853. The van der Waals surface area contributed by atoms with Crippen LogP contribution in [0.5, 0.6) is 17.2 Å². The Hall–Kier alpha value is -5.33. The number of nitrogens with one attached hydrogen (secondary N) is 1. The molecular weight excluding hydrogens is 544 g/mol. The average molecular weight is 579 g/mol. The maximum absolute atomic E-state index is 14.0. The van der Waals surface area contributed by atoms with E-state index in [0.29, 0.717) is 18.8 Å². The normalized spacial score (nSPS) is 11.7. The number of hydrogen-bond acceptors (Lipinski definition) is 6. The van der Waals surface area contributed by atoms with Gasteiger partial charge in [0.15, 0.2) is 11.5 Å². The highest BCUT2D eigenvalue weighted by Gasteiger charge is 2.25. The van der Waals surface area contributed by atoms with Crippen molar-refractivity contribution < 1.29 is 28.6 Å². The summed E-state index contributed by atoms with van der Waals surface area (Å²) >= 11 is 0. The fraction of sp³-hybridized carbons (Fsp3) is 0.200. The van der Waals surface area contributed by atoms with E-state index >= 15 is 0 Å². The number of aryl methyl sites for hydroxylation is 1. The predicted molar refractivity (Wildman–Crippen MR) is 166 cm³/mol. The number of para-hydroxylation sites is 1. The van der Waals surface area contributed by atoms with Crippen LogP contribution in [-0.2, 0) is 11.2 Å². The van der Waals surface area contributed by atoms with Crippen LogP contribution in [0.2, 0.25) is 0 Å². The Kier molecular flexibility index (Phi) is 10.7. The molecular formula is C35H34N2O6. The van der Waals surface area contributed by atoms with E-state index in [1.165, 1.54) is 39.0 Å². The molecule has 0 heterocycles. The largest absolute Gasteiger partial charge is 0.493 e. The summed E-state index contributed by atoms with van der Waals surface area (Å²) in [5.74, 6) is -1.21. The van der Waals surface area contributed by atoms with Crippen LogP contribution in [0.4, 0.5) is 5.69 Å². The minimum atomic E-state index is -0.907. The molecule has 0 aromatic heterocycles. The lowest BCUT2D eigenvalue weighted by Gasteiger charge is -2.25. The minimum Gasteiger partial charge on any atom is -0.493 e. The molecule has 4 rings (SSSR count). The highest BCUT2D eigenvalue weighted by atomic mass is 16.5. The number of carbonyl (C=O) groups is 3. The van der Waals surface area contributed by atoms with E-state index in [0.717, 1.165) is 18.4 Å². The topological polar surface area (TPSA) is 94.2 Å². The van der Waals surface area contributed by atoms with Crippen molar-refractivity contribution in [3.63, 3.8) is 0 Å². The molecule has 0 saturated heterocycles. The standard InChI is InChI=1S/C35H34N2O6/c1-41-30-22-27(23-31(42-2)33(30)43-3)32(38)34(39)36-29-20-12-11-19-28(29)35(40)37(24-26-16-7-4-5-8-17-26)21-13-18-25-14-9-6-10-15-25/h4,6-12,14-17,19-20,22-23H,13,18,21,24H2,1-3H3,(H,36,39). The van der Waals surface area contributed by atoms with E-state index in [4.69, 9.17) is 14.2 Å². The molecule has 0 saturated carbocycles. The Morgan fingerprint density at radius 3 is 2.26 bits per heavy atom. The van der Waals surface area contributed by atoms with Gasteiger partial charge in [-0.05, 0) is 66.5 Å². The number of amides is 2. The van der Waals surface area contributed by atoms with Gasteiger partial charge in [0.25, 0.3) is 17.6 Å². The van der Waals surface area contributed by atoms with Crippen LogP contribution in [-0.4, -0.2) is 56.9 Å². The molecule has 2 amide bonds. The van der Waals surface area contributed by atoms with Crippen LogP contribution in [0.3, 0.4) is 0 Å². The summed E-state index contributed by atoms with van der Waals surface area (Å²) in [6, 6.07) is 19.6. The number of allylic oxidation sites excluding steroid dienone is 3. The molecule has 0 fully saturated rings. The Balaban J connectivity index is 1.56. The number of anilines is 1. The maximum Gasteiger partial charge on any atom is 0.296 e. The quantitative estimate of drug-likeness (QED) is 0.156. The Bertz CT molecular complexity index is 1570. The van der Waals surface area contributed by atoms with E-state index in [1.54, 1.807) is 35.2 Å².